The summed E-state index contributed by atoms with van der Waals surface area (Å²) >= 11 is 6.13. The highest BCUT2D eigenvalue weighted by Crippen LogP contribution is 2.36. The zero-order valence-electron chi connectivity index (χ0n) is 17.5. The number of hydrogen-bond donors (Lipinski definition) is 2. The van der Waals surface area contributed by atoms with Gasteiger partial charge in [0.2, 0.25) is 0 Å². The molecule has 0 saturated carbocycles. The predicted molar refractivity (Wildman–Crippen MR) is 123 cm³/mol. The summed E-state index contributed by atoms with van der Waals surface area (Å²) in [5, 5.41) is 3.00. The van der Waals surface area contributed by atoms with E-state index in [1.54, 1.807) is 30.3 Å². The number of carbonyl (C=O) groups is 1. The Hall–Kier alpha value is -3.43. The van der Waals surface area contributed by atoms with Gasteiger partial charge in [0.05, 0.1) is 36.9 Å². The van der Waals surface area contributed by atoms with Gasteiger partial charge in [-0.05, 0) is 54.6 Å². The standard InChI is InChI=1S/C22H21ClN2O6S/c1-29-16-8-6-15(7-9-16)25-32(27,28)17-10-4-14(5-11-17)22(26)24-19-12-18(23)20(30-2)13-21(19)31-3/h4-13,25H,1-3H3,(H,24,26). The van der Waals surface area contributed by atoms with Gasteiger partial charge in [-0.25, -0.2) is 8.42 Å². The fraction of sp³-hybridized carbons (Fsp3) is 0.136. The molecule has 3 rings (SSSR count). The van der Waals surface area contributed by atoms with Crippen molar-refractivity contribution in [3.8, 4) is 17.2 Å². The molecule has 0 bridgehead atoms. The quantitative estimate of drug-likeness (QED) is 0.499. The summed E-state index contributed by atoms with van der Waals surface area (Å²) in [5.41, 5.74) is 0.986. The van der Waals surface area contributed by atoms with Gasteiger partial charge in [-0.2, -0.15) is 0 Å². The molecule has 0 aliphatic heterocycles. The molecular formula is C22H21ClN2O6S. The van der Waals surface area contributed by atoms with Gasteiger partial charge >= 0.3 is 0 Å². The summed E-state index contributed by atoms with van der Waals surface area (Å²) in [6.07, 6.45) is 0. The van der Waals surface area contributed by atoms with Crippen molar-refractivity contribution in [2.24, 2.45) is 0 Å². The minimum atomic E-state index is -3.83. The summed E-state index contributed by atoms with van der Waals surface area (Å²) in [7, 11) is 0.614. The normalized spacial score (nSPS) is 10.9. The number of anilines is 2. The average molecular weight is 477 g/mol. The van der Waals surface area contributed by atoms with Gasteiger partial charge in [0.1, 0.15) is 17.2 Å². The van der Waals surface area contributed by atoms with Crippen LogP contribution in [0.25, 0.3) is 0 Å². The number of halogens is 1. The van der Waals surface area contributed by atoms with Crippen LogP contribution in [-0.2, 0) is 10.0 Å². The van der Waals surface area contributed by atoms with Crippen LogP contribution in [0.3, 0.4) is 0 Å². The number of sulfonamides is 1. The monoisotopic (exact) mass is 476 g/mol. The lowest BCUT2D eigenvalue weighted by Crippen LogP contribution is -2.15. The van der Waals surface area contributed by atoms with Crippen LogP contribution in [0.4, 0.5) is 11.4 Å². The number of carbonyl (C=O) groups excluding carboxylic acids is 1. The Labute approximate surface area is 191 Å². The lowest BCUT2D eigenvalue weighted by molar-refractivity contribution is 0.102. The molecule has 1 amide bonds. The fourth-order valence-electron chi connectivity index (χ4n) is 2.81. The van der Waals surface area contributed by atoms with Crippen LogP contribution in [0.15, 0.2) is 65.6 Å². The van der Waals surface area contributed by atoms with E-state index in [0.29, 0.717) is 33.6 Å². The highest BCUT2D eigenvalue weighted by atomic mass is 35.5. The van der Waals surface area contributed by atoms with Gasteiger partial charge < -0.3 is 19.5 Å². The Morgan fingerprint density at radius 1 is 0.844 bits per heavy atom. The van der Waals surface area contributed by atoms with E-state index < -0.39 is 15.9 Å². The Balaban J connectivity index is 1.76. The summed E-state index contributed by atoms with van der Waals surface area (Å²) in [5.74, 6) is 0.914. The van der Waals surface area contributed by atoms with Crippen molar-refractivity contribution in [2.75, 3.05) is 31.4 Å². The van der Waals surface area contributed by atoms with Crippen molar-refractivity contribution in [3.63, 3.8) is 0 Å². The summed E-state index contributed by atoms with van der Waals surface area (Å²) in [4.78, 5) is 12.7. The van der Waals surface area contributed by atoms with Crippen molar-refractivity contribution in [1.29, 1.82) is 0 Å². The molecule has 0 atom stereocenters. The molecule has 2 N–H and O–H groups in total. The largest absolute Gasteiger partial charge is 0.497 e. The molecule has 3 aromatic carbocycles. The van der Waals surface area contributed by atoms with Gasteiger partial charge in [-0.15, -0.1) is 0 Å². The molecule has 0 aliphatic rings. The topological polar surface area (TPSA) is 103 Å². The highest BCUT2D eigenvalue weighted by molar-refractivity contribution is 7.92. The predicted octanol–water partition coefficient (Wildman–Crippen LogP) is 4.42. The van der Waals surface area contributed by atoms with Crippen molar-refractivity contribution < 1.29 is 27.4 Å². The van der Waals surface area contributed by atoms with Crippen molar-refractivity contribution in [1.82, 2.24) is 0 Å². The van der Waals surface area contributed by atoms with E-state index in [1.165, 1.54) is 51.7 Å². The maximum Gasteiger partial charge on any atom is 0.261 e. The fourth-order valence-corrected chi connectivity index (χ4v) is 4.11. The first-order valence-electron chi connectivity index (χ1n) is 9.27. The van der Waals surface area contributed by atoms with E-state index >= 15 is 0 Å². The van der Waals surface area contributed by atoms with E-state index in [1.807, 2.05) is 0 Å². The highest BCUT2D eigenvalue weighted by Gasteiger charge is 2.17. The molecule has 0 spiro atoms. The van der Waals surface area contributed by atoms with Gasteiger partial charge in [-0.3, -0.25) is 9.52 Å². The van der Waals surface area contributed by atoms with Gasteiger partial charge in [-0.1, -0.05) is 11.6 Å². The molecule has 168 valence electrons. The summed E-state index contributed by atoms with van der Waals surface area (Å²) in [6.45, 7) is 0. The molecule has 8 nitrogen and oxygen atoms in total. The molecule has 0 radical (unpaired) electrons. The van der Waals surface area contributed by atoms with E-state index in [2.05, 4.69) is 10.0 Å². The van der Waals surface area contributed by atoms with Crippen LogP contribution in [0.2, 0.25) is 5.02 Å². The van der Waals surface area contributed by atoms with E-state index in [-0.39, 0.29) is 10.5 Å². The molecular weight excluding hydrogens is 456 g/mol. The molecule has 3 aromatic rings. The van der Waals surface area contributed by atoms with Crippen LogP contribution >= 0.6 is 11.6 Å². The first-order valence-corrected chi connectivity index (χ1v) is 11.1. The maximum atomic E-state index is 12.6. The number of methoxy groups -OCH3 is 3. The Bertz CT molecular complexity index is 1210. The van der Waals surface area contributed by atoms with Crippen LogP contribution in [0.5, 0.6) is 17.2 Å². The maximum absolute atomic E-state index is 12.6. The van der Waals surface area contributed by atoms with Crippen LogP contribution in [-0.4, -0.2) is 35.7 Å². The third-order valence-corrected chi connectivity index (χ3v) is 6.18. The number of benzene rings is 3. The number of nitrogens with one attached hydrogen (secondary N) is 2. The van der Waals surface area contributed by atoms with E-state index in [4.69, 9.17) is 25.8 Å². The third kappa shape index (κ3) is 5.24. The lowest BCUT2D eigenvalue weighted by atomic mass is 10.2. The number of rotatable bonds is 8. The minimum absolute atomic E-state index is 0.00920. The molecule has 0 heterocycles. The minimum Gasteiger partial charge on any atom is -0.497 e. The van der Waals surface area contributed by atoms with Crippen LogP contribution in [0, 0.1) is 0 Å². The summed E-state index contributed by atoms with van der Waals surface area (Å²) < 4.78 is 43.2. The molecule has 10 heteroatoms. The Kier molecular flexibility index (Phi) is 7.12. The molecule has 0 saturated heterocycles. The van der Waals surface area contributed by atoms with Gasteiger partial charge in [0, 0.05) is 17.3 Å². The average Bonchev–Trinajstić information content (AvgIpc) is 2.79. The zero-order chi connectivity index (χ0) is 23.3. The Morgan fingerprint density at radius 3 is 2.03 bits per heavy atom. The molecule has 0 fully saturated rings. The van der Waals surface area contributed by atoms with Gasteiger partial charge in [0.25, 0.3) is 15.9 Å². The number of amides is 1. The first-order chi connectivity index (χ1) is 15.3. The second kappa shape index (κ2) is 9.80. The van der Waals surface area contributed by atoms with Crippen LogP contribution < -0.4 is 24.2 Å². The molecule has 0 aromatic heterocycles. The smallest absolute Gasteiger partial charge is 0.261 e. The lowest BCUT2D eigenvalue weighted by Gasteiger charge is -2.13. The van der Waals surface area contributed by atoms with Crippen molar-refractivity contribution in [3.05, 3.63) is 71.2 Å². The Morgan fingerprint density at radius 2 is 1.47 bits per heavy atom. The third-order valence-electron chi connectivity index (χ3n) is 4.49. The number of hydrogen-bond acceptors (Lipinski definition) is 6. The van der Waals surface area contributed by atoms with E-state index in [9.17, 15) is 13.2 Å². The van der Waals surface area contributed by atoms with Crippen molar-refractivity contribution in [2.45, 2.75) is 4.90 Å². The first kappa shape index (κ1) is 23.2. The zero-order valence-corrected chi connectivity index (χ0v) is 19.1. The van der Waals surface area contributed by atoms with Crippen molar-refractivity contribution >= 4 is 38.9 Å². The summed E-state index contributed by atoms with van der Waals surface area (Å²) in [6, 6.07) is 15.0. The number of ether oxygens (including phenoxy) is 3. The molecule has 0 unspecified atom stereocenters. The second-order valence-electron chi connectivity index (χ2n) is 6.50. The van der Waals surface area contributed by atoms with Gasteiger partial charge in [0.15, 0.2) is 0 Å². The second-order valence-corrected chi connectivity index (χ2v) is 8.59. The SMILES string of the molecule is COc1ccc(NS(=O)(=O)c2ccc(C(=O)Nc3cc(Cl)c(OC)cc3OC)cc2)cc1. The van der Waals surface area contributed by atoms with Crippen LogP contribution in [0.1, 0.15) is 10.4 Å². The molecule has 0 aliphatic carbocycles. The molecule has 32 heavy (non-hydrogen) atoms. The van der Waals surface area contributed by atoms with E-state index in [0.717, 1.165) is 0 Å².